The molecule has 4 rings (SSSR count). The Balaban J connectivity index is 1.33. The molecule has 2 heterocycles. The van der Waals surface area contributed by atoms with Crippen LogP contribution in [0.4, 0.5) is 10.3 Å². The number of fused-ring (bicyclic) bond motifs is 1. The van der Waals surface area contributed by atoms with Crippen LogP contribution in [-0.4, -0.2) is 41.0 Å². The Morgan fingerprint density at radius 1 is 0.967 bits per heavy atom. The van der Waals surface area contributed by atoms with Crippen molar-refractivity contribution in [3.05, 3.63) is 72.9 Å². The van der Waals surface area contributed by atoms with Crippen LogP contribution in [0.5, 0.6) is 0 Å². The van der Waals surface area contributed by atoms with E-state index in [0.717, 1.165) is 23.2 Å². The highest BCUT2D eigenvalue weighted by atomic mass is 32.2. The first-order valence-corrected chi connectivity index (χ1v) is 10.8. The topological polar surface area (TPSA) is 102 Å². The van der Waals surface area contributed by atoms with Gasteiger partial charge in [0.15, 0.2) is 0 Å². The lowest BCUT2D eigenvalue weighted by molar-refractivity contribution is 0.579. The van der Waals surface area contributed by atoms with Crippen LogP contribution in [0.2, 0.25) is 0 Å². The lowest BCUT2D eigenvalue weighted by Crippen LogP contribution is -2.26. The zero-order chi connectivity index (χ0) is 21.0. The number of hydrogen-bond acceptors (Lipinski definition) is 6. The van der Waals surface area contributed by atoms with Crippen LogP contribution in [0.25, 0.3) is 16.9 Å². The molecule has 10 heteroatoms. The molecule has 0 aliphatic heterocycles. The maximum absolute atomic E-state index is 12.9. The van der Waals surface area contributed by atoms with E-state index in [4.69, 9.17) is 0 Å². The van der Waals surface area contributed by atoms with Gasteiger partial charge < -0.3 is 5.32 Å². The average molecular weight is 426 g/mol. The van der Waals surface area contributed by atoms with Gasteiger partial charge in [-0.05, 0) is 48.9 Å². The Kier molecular flexibility index (Phi) is 5.68. The Bertz CT molecular complexity index is 1260. The molecule has 0 aliphatic carbocycles. The van der Waals surface area contributed by atoms with Crippen LogP contribution in [-0.2, 0) is 10.0 Å². The zero-order valence-corrected chi connectivity index (χ0v) is 16.7. The number of para-hydroxylation sites is 2. The first-order chi connectivity index (χ1) is 14.5. The summed E-state index contributed by atoms with van der Waals surface area (Å²) in [6.45, 7) is 0.693. The molecule has 4 aromatic rings. The Morgan fingerprint density at radius 2 is 1.77 bits per heavy atom. The van der Waals surface area contributed by atoms with Gasteiger partial charge >= 0.3 is 0 Å². The highest BCUT2D eigenvalue weighted by molar-refractivity contribution is 7.89. The van der Waals surface area contributed by atoms with Crippen LogP contribution >= 0.6 is 0 Å². The van der Waals surface area contributed by atoms with E-state index in [1.165, 1.54) is 12.1 Å². The molecule has 0 amide bonds. The van der Waals surface area contributed by atoms with Gasteiger partial charge in [0.2, 0.25) is 16.0 Å². The Hall–Kier alpha value is -3.37. The van der Waals surface area contributed by atoms with Crippen LogP contribution in [0.15, 0.2) is 72.0 Å². The third kappa shape index (κ3) is 4.44. The van der Waals surface area contributed by atoms with Gasteiger partial charge in [-0.1, -0.05) is 12.1 Å². The van der Waals surface area contributed by atoms with Gasteiger partial charge in [0.05, 0.1) is 15.9 Å². The van der Waals surface area contributed by atoms with Crippen molar-refractivity contribution in [2.45, 2.75) is 11.3 Å². The van der Waals surface area contributed by atoms with E-state index in [9.17, 15) is 12.8 Å². The summed E-state index contributed by atoms with van der Waals surface area (Å²) in [5, 5.41) is 3.09. The maximum atomic E-state index is 12.9. The largest absolute Gasteiger partial charge is 0.354 e. The summed E-state index contributed by atoms with van der Waals surface area (Å²) in [5.74, 6) is 0.633. The maximum Gasteiger partial charge on any atom is 0.240 e. The standard InChI is InChI=1S/C20H19FN6O2S/c21-15-6-8-16(9-7-15)30(28,29)25-12-3-11-22-20-23-13-10-19(26-20)27-14-24-17-4-1-2-5-18(17)27/h1-2,4-10,13-14,25H,3,11-12H2,(H,22,23,26). The van der Waals surface area contributed by atoms with Gasteiger partial charge in [-0.25, -0.2) is 27.5 Å². The van der Waals surface area contributed by atoms with Crippen molar-refractivity contribution in [3.63, 3.8) is 0 Å². The number of nitrogens with one attached hydrogen (secondary N) is 2. The number of nitrogens with zero attached hydrogens (tertiary/aromatic N) is 4. The fraction of sp³-hybridized carbons (Fsp3) is 0.150. The van der Waals surface area contributed by atoms with Crippen molar-refractivity contribution in [1.29, 1.82) is 0 Å². The van der Waals surface area contributed by atoms with Crippen molar-refractivity contribution >= 4 is 27.0 Å². The number of benzene rings is 2. The third-order valence-corrected chi connectivity index (χ3v) is 5.87. The molecule has 2 N–H and O–H groups in total. The molecule has 0 spiro atoms. The minimum atomic E-state index is -3.67. The molecule has 2 aromatic carbocycles. The molecule has 0 saturated heterocycles. The van der Waals surface area contributed by atoms with E-state index in [2.05, 4.69) is 25.0 Å². The highest BCUT2D eigenvalue weighted by Crippen LogP contribution is 2.16. The third-order valence-electron chi connectivity index (χ3n) is 4.39. The molecule has 0 fully saturated rings. The van der Waals surface area contributed by atoms with Crippen molar-refractivity contribution in [3.8, 4) is 5.82 Å². The minimum absolute atomic E-state index is 0.0282. The quantitative estimate of drug-likeness (QED) is 0.420. The molecule has 30 heavy (non-hydrogen) atoms. The molecule has 154 valence electrons. The van der Waals surface area contributed by atoms with Gasteiger partial charge in [-0.3, -0.25) is 4.57 Å². The van der Waals surface area contributed by atoms with Gasteiger partial charge in [0.1, 0.15) is 18.0 Å². The molecule has 0 bridgehead atoms. The first-order valence-electron chi connectivity index (χ1n) is 9.27. The van der Waals surface area contributed by atoms with E-state index < -0.39 is 15.8 Å². The number of anilines is 1. The second-order valence-corrected chi connectivity index (χ2v) is 8.24. The predicted octanol–water partition coefficient (Wildman–Crippen LogP) is 2.74. The van der Waals surface area contributed by atoms with Crippen LogP contribution in [0.3, 0.4) is 0 Å². The fourth-order valence-corrected chi connectivity index (χ4v) is 3.98. The fourth-order valence-electron chi connectivity index (χ4n) is 2.90. The summed E-state index contributed by atoms with van der Waals surface area (Å²) in [7, 11) is -3.67. The van der Waals surface area contributed by atoms with E-state index in [1.807, 2.05) is 28.8 Å². The summed E-state index contributed by atoms with van der Waals surface area (Å²) in [6, 6.07) is 14.2. The Labute approximate surface area is 172 Å². The van der Waals surface area contributed by atoms with Crippen molar-refractivity contribution < 1.29 is 12.8 Å². The van der Waals surface area contributed by atoms with Crippen molar-refractivity contribution in [2.24, 2.45) is 0 Å². The van der Waals surface area contributed by atoms with E-state index in [0.29, 0.717) is 24.7 Å². The van der Waals surface area contributed by atoms with Gasteiger partial charge in [-0.2, -0.15) is 4.98 Å². The summed E-state index contributed by atoms with van der Waals surface area (Å²) in [6.07, 6.45) is 3.87. The number of hydrogen-bond donors (Lipinski definition) is 2. The summed E-state index contributed by atoms with van der Waals surface area (Å²) < 4.78 is 41.7. The van der Waals surface area contributed by atoms with E-state index in [-0.39, 0.29) is 11.4 Å². The molecule has 0 aliphatic rings. The Morgan fingerprint density at radius 3 is 2.60 bits per heavy atom. The number of aromatic nitrogens is 4. The van der Waals surface area contributed by atoms with Gasteiger partial charge in [-0.15, -0.1) is 0 Å². The average Bonchev–Trinajstić information content (AvgIpc) is 3.18. The number of imidazole rings is 1. The molecule has 0 radical (unpaired) electrons. The number of rotatable bonds is 8. The molecule has 0 saturated carbocycles. The first kappa shape index (κ1) is 19.9. The van der Waals surface area contributed by atoms with Crippen LogP contribution in [0, 0.1) is 5.82 Å². The second-order valence-electron chi connectivity index (χ2n) is 6.47. The second kappa shape index (κ2) is 8.56. The van der Waals surface area contributed by atoms with Crippen LogP contribution in [0.1, 0.15) is 6.42 Å². The van der Waals surface area contributed by atoms with Crippen LogP contribution < -0.4 is 10.0 Å². The normalized spacial score (nSPS) is 11.6. The smallest absolute Gasteiger partial charge is 0.240 e. The molecule has 0 atom stereocenters. The van der Waals surface area contributed by atoms with Gasteiger partial charge in [0, 0.05) is 19.3 Å². The predicted molar refractivity (Wildman–Crippen MR) is 111 cm³/mol. The lowest BCUT2D eigenvalue weighted by Gasteiger charge is -2.09. The number of sulfonamides is 1. The van der Waals surface area contributed by atoms with Crippen molar-refractivity contribution in [2.75, 3.05) is 18.4 Å². The zero-order valence-electron chi connectivity index (χ0n) is 15.9. The monoisotopic (exact) mass is 426 g/mol. The molecular weight excluding hydrogens is 407 g/mol. The molecule has 0 unspecified atom stereocenters. The summed E-state index contributed by atoms with van der Waals surface area (Å²) >= 11 is 0. The number of halogens is 1. The SMILES string of the molecule is O=S(=O)(NCCCNc1nccc(-n2cnc3ccccc32)n1)c1ccc(F)cc1. The lowest BCUT2D eigenvalue weighted by atomic mass is 10.3. The molecule has 8 nitrogen and oxygen atoms in total. The summed E-state index contributed by atoms with van der Waals surface area (Å²) in [4.78, 5) is 13.1. The van der Waals surface area contributed by atoms with E-state index >= 15 is 0 Å². The molecular formula is C20H19FN6O2S. The van der Waals surface area contributed by atoms with Crippen molar-refractivity contribution in [1.82, 2.24) is 24.2 Å². The highest BCUT2D eigenvalue weighted by Gasteiger charge is 2.13. The van der Waals surface area contributed by atoms with E-state index in [1.54, 1.807) is 18.6 Å². The minimum Gasteiger partial charge on any atom is -0.354 e. The molecule has 2 aromatic heterocycles. The summed E-state index contributed by atoms with van der Waals surface area (Å²) in [5.41, 5.74) is 1.82. The van der Waals surface area contributed by atoms with Gasteiger partial charge in [0.25, 0.3) is 0 Å².